The number of hydrogen-bond acceptors (Lipinski definition) is 5. The van der Waals surface area contributed by atoms with Gasteiger partial charge in [0, 0.05) is 27.1 Å². The zero-order valence-electron chi connectivity index (χ0n) is 11.5. The molecule has 0 radical (unpaired) electrons. The van der Waals surface area contributed by atoms with E-state index in [9.17, 15) is 4.79 Å². The van der Waals surface area contributed by atoms with E-state index in [-0.39, 0.29) is 5.56 Å². The van der Waals surface area contributed by atoms with Crippen molar-refractivity contribution in [2.75, 3.05) is 14.2 Å². The van der Waals surface area contributed by atoms with Crippen molar-refractivity contribution in [1.29, 1.82) is 0 Å². The van der Waals surface area contributed by atoms with Crippen LogP contribution in [0.3, 0.4) is 0 Å². The van der Waals surface area contributed by atoms with E-state index in [2.05, 4.69) is 25.9 Å². The van der Waals surface area contributed by atoms with Crippen molar-refractivity contribution in [2.45, 2.75) is 11.5 Å². The van der Waals surface area contributed by atoms with Crippen molar-refractivity contribution in [3.63, 3.8) is 0 Å². The third kappa shape index (κ3) is 2.55. The number of nitrogens with one attached hydrogen (secondary N) is 1. The first-order valence-electron chi connectivity index (χ1n) is 6.25. The largest absolute Gasteiger partial charge is 0.493 e. The summed E-state index contributed by atoms with van der Waals surface area (Å²) in [7, 11) is 3.15. The molecule has 5 nitrogen and oxygen atoms in total. The second kappa shape index (κ2) is 5.73. The lowest BCUT2D eigenvalue weighted by Crippen LogP contribution is -2.15. The highest BCUT2D eigenvalue weighted by atomic mass is 79.9. The maximum Gasteiger partial charge on any atom is 0.255 e. The van der Waals surface area contributed by atoms with Crippen LogP contribution in [-0.2, 0) is 11.5 Å². The Morgan fingerprint density at radius 3 is 2.67 bits per heavy atom. The molecule has 2 heterocycles. The number of benzene rings is 1. The van der Waals surface area contributed by atoms with Crippen molar-refractivity contribution >= 4 is 27.7 Å². The predicted octanol–water partition coefficient (Wildman–Crippen LogP) is 2.96. The Morgan fingerprint density at radius 2 is 1.95 bits per heavy atom. The van der Waals surface area contributed by atoms with Crippen LogP contribution in [0, 0.1) is 0 Å². The van der Waals surface area contributed by atoms with Gasteiger partial charge in [0.2, 0.25) is 0 Å². The lowest BCUT2D eigenvalue weighted by molar-refractivity contribution is 0.355. The highest BCUT2D eigenvalue weighted by molar-refractivity contribution is 9.10. The highest BCUT2D eigenvalue weighted by Crippen LogP contribution is 2.37. The average molecular weight is 369 g/mol. The van der Waals surface area contributed by atoms with Crippen LogP contribution >= 0.6 is 27.7 Å². The van der Waals surface area contributed by atoms with Crippen LogP contribution in [0.15, 0.2) is 21.4 Å². The van der Waals surface area contributed by atoms with Crippen LogP contribution in [0.2, 0.25) is 0 Å². The van der Waals surface area contributed by atoms with Crippen molar-refractivity contribution in [1.82, 2.24) is 9.97 Å². The molecule has 3 rings (SSSR count). The lowest BCUT2D eigenvalue weighted by atomic mass is 10.1. The molecule has 2 aromatic rings. The van der Waals surface area contributed by atoms with Gasteiger partial charge in [0.15, 0.2) is 11.5 Å². The molecule has 0 saturated heterocycles. The van der Waals surface area contributed by atoms with Crippen LogP contribution < -0.4 is 15.0 Å². The summed E-state index contributed by atoms with van der Waals surface area (Å²) in [6, 6.07) is 3.60. The molecular weight excluding hydrogens is 356 g/mol. The number of thioether (sulfide) groups is 1. The number of aromatic nitrogens is 2. The quantitative estimate of drug-likeness (QED) is 0.901. The van der Waals surface area contributed by atoms with E-state index in [4.69, 9.17) is 9.47 Å². The minimum Gasteiger partial charge on any atom is -0.493 e. The first-order valence-corrected chi connectivity index (χ1v) is 8.20. The molecular formula is C14H13BrN2O3S. The summed E-state index contributed by atoms with van der Waals surface area (Å²) in [6.45, 7) is 0. The van der Waals surface area contributed by atoms with Gasteiger partial charge in [-0.05, 0) is 28.1 Å². The van der Waals surface area contributed by atoms with Crippen LogP contribution in [0.5, 0.6) is 11.5 Å². The molecule has 0 amide bonds. The molecule has 0 fully saturated rings. The molecule has 21 heavy (non-hydrogen) atoms. The third-order valence-electron chi connectivity index (χ3n) is 3.31. The minimum absolute atomic E-state index is 0.0679. The first-order chi connectivity index (χ1) is 10.1. The number of methoxy groups -OCH3 is 2. The van der Waals surface area contributed by atoms with Gasteiger partial charge < -0.3 is 14.5 Å². The Bertz CT molecular complexity index is 761. The second-order valence-electron chi connectivity index (χ2n) is 4.52. The predicted molar refractivity (Wildman–Crippen MR) is 86.1 cm³/mol. The molecule has 1 aliphatic heterocycles. The fourth-order valence-corrected chi connectivity index (χ4v) is 3.77. The number of nitrogens with zero attached hydrogens (tertiary/aromatic N) is 1. The zero-order valence-corrected chi connectivity index (χ0v) is 13.9. The number of rotatable bonds is 3. The molecule has 0 aliphatic carbocycles. The molecule has 1 aliphatic rings. The van der Waals surface area contributed by atoms with Gasteiger partial charge in [-0.2, -0.15) is 11.8 Å². The molecule has 1 N–H and O–H groups in total. The summed E-state index contributed by atoms with van der Waals surface area (Å²) in [6.07, 6.45) is 0. The number of halogens is 1. The van der Waals surface area contributed by atoms with Crippen LogP contribution in [0.4, 0.5) is 0 Å². The maximum absolute atomic E-state index is 12.1. The second-order valence-corrected chi connectivity index (χ2v) is 6.36. The van der Waals surface area contributed by atoms with E-state index in [1.54, 1.807) is 38.1 Å². The molecule has 0 saturated carbocycles. The molecule has 110 valence electrons. The fourth-order valence-electron chi connectivity index (χ4n) is 2.23. The van der Waals surface area contributed by atoms with Gasteiger partial charge in [0.1, 0.15) is 5.82 Å². The highest BCUT2D eigenvalue weighted by Gasteiger charge is 2.20. The Hall–Kier alpha value is -1.47. The Labute approximate surface area is 134 Å². The molecule has 0 unspecified atom stereocenters. The Balaban J connectivity index is 2.17. The van der Waals surface area contributed by atoms with E-state index in [0.29, 0.717) is 17.3 Å². The smallest absolute Gasteiger partial charge is 0.255 e. The Morgan fingerprint density at radius 1 is 1.24 bits per heavy atom. The van der Waals surface area contributed by atoms with Crippen LogP contribution in [-0.4, -0.2) is 24.2 Å². The van der Waals surface area contributed by atoms with Crippen molar-refractivity contribution in [2.24, 2.45) is 0 Å². The summed E-state index contributed by atoms with van der Waals surface area (Å²) in [5, 5.41) is 0. The van der Waals surface area contributed by atoms with Gasteiger partial charge >= 0.3 is 0 Å². The van der Waals surface area contributed by atoms with Crippen molar-refractivity contribution < 1.29 is 9.47 Å². The lowest BCUT2D eigenvalue weighted by Gasteiger charge is -2.12. The summed E-state index contributed by atoms with van der Waals surface area (Å²) in [4.78, 5) is 19.5. The zero-order chi connectivity index (χ0) is 15.0. The van der Waals surface area contributed by atoms with E-state index >= 15 is 0 Å². The van der Waals surface area contributed by atoms with E-state index < -0.39 is 0 Å². The van der Waals surface area contributed by atoms with Crippen molar-refractivity contribution in [3.05, 3.63) is 38.2 Å². The van der Waals surface area contributed by atoms with Crippen LogP contribution in [0.25, 0.3) is 11.4 Å². The topological polar surface area (TPSA) is 64.2 Å². The summed E-state index contributed by atoms with van der Waals surface area (Å²) in [5.41, 5.74) is 2.34. The van der Waals surface area contributed by atoms with Gasteiger partial charge in [-0.1, -0.05) is 0 Å². The van der Waals surface area contributed by atoms with Gasteiger partial charge in [-0.15, -0.1) is 0 Å². The molecule has 7 heteroatoms. The van der Waals surface area contributed by atoms with Crippen molar-refractivity contribution in [3.8, 4) is 22.9 Å². The number of fused-ring (bicyclic) bond motifs is 1. The van der Waals surface area contributed by atoms with E-state index in [0.717, 1.165) is 32.8 Å². The molecule has 1 aromatic heterocycles. The summed E-state index contributed by atoms with van der Waals surface area (Å²) in [5.74, 6) is 3.25. The molecule has 1 aromatic carbocycles. The molecule has 0 atom stereocenters. The van der Waals surface area contributed by atoms with Gasteiger partial charge in [0.25, 0.3) is 5.56 Å². The average Bonchev–Trinajstić information content (AvgIpc) is 2.95. The van der Waals surface area contributed by atoms with Gasteiger partial charge in [-0.25, -0.2) is 4.98 Å². The van der Waals surface area contributed by atoms with E-state index in [1.165, 1.54) is 0 Å². The SMILES string of the molecule is COc1cc(Br)c(-c2nc3c(c(=O)[nH]2)CSC3)cc1OC. The van der Waals surface area contributed by atoms with Gasteiger partial charge in [0.05, 0.1) is 19.9 Å². The number of hydrogen-bond donors (Lipinski definition) is 1. The third-order valence-corrected chi connectivity index (χ3v) is 4.94. The normalized spacial score (nSPS) is 13.1. The molecule has 0 spiro atoms. The van der Waals surface area contributed by atoms with Gasteiger partial charge in [-0.3, -0.25) is 4.79 Å². The minimum atomic E-state index is -0.0679. The van der Waals surface area contributed by atoms with Crippen LogP contribution in [0.1, 0.15) is 11.3 Å². The number of aromatic amines is 1. The standard InChI is InChI=1S/C14H13BrN2O3S/c1-19-11-3-7(9(15)4-12(11)20-2)13-16-10-6-21-5-8(10)14(18)17-13/h3-4H,5-6H2,1-2H3,(H,16,17,18). The molecule has 0 bridgehead atoms. The van der Waals surface area contributed by atoms with E-state index in [1.807, 2.05) is 0 Å². The monoisotopic (exact) mass is 368 g/mol. The maximum atomic E-state index is 12.1. The summed E-state index contributed by atoms with van der Waals surface area (Å²) >= 11 is 5.19. The Kier molecular flexibility index (Phi) is 3.95. The number of H-pyrrole nitrogens is 1. The first kappa shape index (κ1) is 14.5. The number of ether oxygens (including phenoxy) is 2. The summed E-state index contributed by atoms with van der Waals surface area (Å²) < 4.78 is 11.3. The fraction of sp³-hybridized carbons (Fsp3) is 0.286.